The second-order valence-corrected chi connectivity index (χ2v) is 6.74. The normalized spacial score (nSPS) is 11.5. The highest BCUT2D eigenvalue weighted by molar-refractivity contribution is 9.08. The van der Waals surface area contributed by atoms with Gasteiger partial charge in [-0.25, -0.2) is 4.98 Å². The third kappa shape index (κ3) is 4.07. The zero-order chi connectivity index (χ0) is 15.5. The number of halogens is 1. The first-order valence-electron chi connectivity index (χ1n) is 7.26. The lowest BCUT2D eigenvalue weighted by Gasteiger charge is -2.23. The highest BCUT2D eigenvalue weighted by Gasteiger charge is 2.20. The Balaban J connectivity index is 2.34. The zero-order valence-corrected chi connectivity index (χ0v) is 14.7. The van der Waals surface area contributed by atoms with E-state index in [1.807, 2.05) is 18.3 Å². The summed E-state index contributed by atoms with van der Waals surface area (Å²) >= 11 is 3.42. The second-order valence-electron chi connectivity index (χ2n) is 6.17. The molecule has 3 heteroatoms. The van der Waals surface area contributed by atoms with Gasteiger partial charge in [0.1, 0.15) is 5.75 Å². The summed E-state index contributed by atoms with van der Waals surface area (Å²) in [5.41, 5.74) is 3.72. The molecule has 0 aliphatic carbocycles. The molecule has 2 aromatic rings. The third-order valence-corrected chi connectivity index (χ3v) is 4.07. The zero-order valence-electron chi connectivity index (χ0n) is 13.1. The number of rotatable bonds is 4. The van der Waals surface area contributed by atoms with Gasteiger partial charge in [-0.05, 0) is 29.0 Å². The van der Waals surface area contributed by atoms with Gasteiger partial charge in [-0.3, -0.25) is 0 Å². The van der Waals surface area contributed by atoms with Gasteiger partial charge in [-0.15, -0.1) is 0 Å². The lowest BCUT2D eigenvalue weighted by molar-refractivity contribution is 0.439. The fourth-order valence-electron chi connectivity index (χ4n) is 2.14. The van der Waals surface area contributed by atoms with E-state index in [2.05, 4.69) is 66.8 Å². The van der Waals surface area contributed by atoms with E-state index in [-0.39, 0.29) is 5.41 Å². The van der Waals surface area contributed by atoms with E-state index >= 15 is 0 Å². The van der Waals surface area contributed by atoms with Crippen molar-refractivity contribution in [3.8, 4) is 11.6 Å². The smallest absolute Gasteiger partial charge is 0.219 e. The molecular formula is C18H22BrNO. The monoisotopic (exact) mass is 347 g/mol. The van der Waals surface area contributed by atoms with Crippen molar-refractivity contribution >= 4 is 15.9 Å². The number of hydrogen-bond donors (Lipinski definition) is 0. The fourth-order valence-corrected chi connectivity index (χ4v) is 2.47. The first kappa shape index (κ1) is 16.0. The maximum absolute atomic E-state index is 6.01. The van der Waals surface area contributed by atoms with E-state index in [9.17, 15) is 0 Å². The topological polar surface area (TPSA) is 22.1 Å². The van der Waals surface area contributed by atoms with Gasteiger partial charge in [0, 0.05) is 23.2 Å². The Morgan fingerprint density at radius 3 is 2.33 bits per heavy atom. The Morgan fingerprint density at radius 1 is 1.10 bits per heavy atom. The molecule has 21 heavy (non-hydrogen) atoms. The van der Waals surface area contributed by atoms with Crippen LogP contribution in [0.1, 0.15) is 44.4 Å². The van der Waals surface area contributed by atoms with Crippen molar-refractivity contribution in [2.24, 2.45) is 0 Å². The molecule has 0 aliphatic heterocycles. The minimum Gasteiger partial charge on any atom is -0.439 e. The standard InChI is InChI=1S/C18H22BrNO/c1-5-13-6-8-16(15(10-13)18(2,3)4)21-17-9-7-14(11-19)12-20-17/h6-10,12H,5,11H2,1-4H3. The molecule has 112 valence electrons. The Morgan fingerprint density at radius 2 is 1.81 bits per heavy atom. The molecule has 1 aromatic heterocycles. The highest BCUT2D eigenvalue weighted by atomic mass is 79.9. The number of ether oxygens (including phenoxy) is 1. The van der Waals surface area contributed by atoms with Crippen LogP contribution in [0.25, 0.3) is 0 Å². The molecule has 0 unspecified atom stereocenters. The summed E-state index contributed by atoms with van der Waals surface area (Å²) in [5.74, 6) is 1.52. The van der Waals surface area contributed by atoms with E-state index in [1.54, 1.807) is 0 Å². The molecule has 0 atom stereocenters. The van der Waals surface area contributed by atoms with Gasteiger partial charge in [0.15, 0.2) is 0 Å². The summed E-state index contributed by atoms with van der Waals surface area (Å²) in [5, 5.41) is 0.804. The van der Waals surface area contributed by atoms with Gasteiger partial charge in [-0.2, -0.15) is 0 Å². The number of aromatic nitrogens is 1. The third-order valence-electron chi connectivity index (χ3n) is 3.43. The molecule has 2 nitrogen and oxygen atoms in total. The van der Waals surface area contributed by atoms with Gasteiger partial charge < -0.3 is 4.74 Å². The highest BCUT2D eigenvalue weighted by Crippen LogP contribution is 2.34. The van der Waals surface area contributed by atoms with Gasteiger partial charge in [0.25, 0.3) is 0 Å². The number of benzene rings is 1. The van der Waals surface area contributed by atoms with Crippen LogP contribution in [-0.2, 0) is 17.2 Å². The van der Waals surface area contributed by atoms with Crippen LogP contribution in [0.2, 0.25) is 0 Å². The van der Waals surface area contributed by atoms with E-state index in [0.717, 1.165) is 23.1 Å². The Bertz CT molecular complexity index is 600. The molecular weight excluding hydrogens is 326 g/mol. The van der Waals surface area contributed by atoms with Crippen LogP contribution in [0, 0.1) is 0 Å². The molecule has 0 spiro atoms. The summed E-state index contributed by atoms with van der Waals surface area (Å²) in [6.45, 7) is 8.78. The lowest BCUT2D eigenvalue weighted by atomic mass is 9.85. The second kappa shape index (κ2) is 6.61. The molecule has 1 heterocycles. The molecule has 1 aromatic carbocycles. The average molecular weight is 348 g/mol. The molecule has 0 N–H and O–H groups in total. The number of hydrogen-bond acceptors (Lipinski definition) is 2. The Labute approximate surface area is 135 Å². The van der Waals surface area contributed by atoms with Crippen LogP contribution in [0.3, 0.4) is 0 Å². The van der Waals surface area contributed by atoms with E-state index in [4.69, 9.17) is 4.74 Å². The van der Waals surface area contributed by atoms with Crippen molar-refractivity contribution < 1.29 is 4.74 Å². The maximum atomic E-state index is 6.01. The van der Waals surface area contributed by atoms with Crippen LogP contribution < -0.4 is 4.74 Å². The number of aryl methyl sites for hydroxylation is 1. The fraction of sp³-hybridized carbons (Fsp3) is 0.389. The van der Waals surface area contributed by atoms with Crippen molar-refractivity contribution in [3.05, 3.63) is 53.2 Å². The number of alkyl halides is 1. The summed E-state index contributed by atoms with van der Waals surface area (Å²) in [7, 11) is 0. The number of pyridine rings is 1. The van der Waals surface area contributed by atoms with Crippen molar-refractivity contribution in [1.82, 2.24) is 4.98 Å². The predicted octanol–water partition coefficient (Wildman–Crippen LogP) is 5.63. The largest absolute Gasteiger partial charge is 0.439 e. The molecule has 0 aliphatic rings. The van der Waals surface area contributed by atoms with Gasteiger partial charge in [0.05, 0.1) is 0 Å². The molecule has 0 amide bonds. The molecule has 0 saturated heterocycles. The van der Waals surface area contributed by atoms with Crippen LogP contribution in [0.5, 0.6) is 11.6 Å². The SMILES string of the molecule is CCc1ccc(Oc2ccc(CBr)cn2)c(C(C)(C)C)c1. The summed E-state index contributed by atoms with van der Waals surface area (Å²) in [6.07, 6.45) is 2.86. The van der Waals surface area contributed by atoms with Crippen molar-refractivity contribution in [1.29, 1.82) is 0 Å². The minimum atomic E-state index is 0.0380. The molecule has 0 bridgehead atoms. The number of nitrogens with zero attached hydrogens (tertiary/aromatic N) is 1. The summed E-state index contributed by atoms with van der Waals surface area (Å²) < 4.78 is 6.01. The lowest BCUT2D eigenvalue weighted by Crippen LogP contribution is -2.13. The van der Waals surface area contributed by atoms with E-state index in [1.165, 1.54) is 11.1 Å². The predicted molar refractivity (Wildman–Crippen MR) is 91.5 cm³/mol. The van der Waals surface area contributed by atoms with Crippen LogP contribution in [-0.4, -0.2) is 4.98 Å². The summed E-state index contributed by atoms with van der Waals surface area (Å²) in [6, 6.07) is 10.4. The van der Waals surface area contributed by atoms with Crippen molar-refractivity contribution in [3.63, 3.8) is 0 Å². The van der Waals surface area contributed by atoms with E-state index in [0.29, 0.717) is 5.88 Å². The van der Waals surface area contributed by atoms with Crippen LogP contribution in [0.15, 0.2) is 36.5 Å². The Kier molecular flexibility index (Phi) is 5.04. The molecule has 0 radical (unpaired) electrons. The molecule has 2 rings (SSSR count). The van der Waals surface area contributed by atoms with E-state index < -0.39 is 0 Å². The van der Waals surface area contributed by atoms with Crippen molar-refractivity contribution in [2.45, 2.75) is 44.9 Å². The first-order chi connectivity index (χ1) is 9.94. The molecule has 0 saturated carbocycles. The van der Waals surface area contributed by atoms with Gasteiger partial charge >= 0.3 is 0 Å². The summed E-state index contributed by atoms with van der Waals surface area (Å²) in [4.78, 5) is 4.36. The average Bonchev–Trinajstić information content (AvgIpc) is 2.47. The quantitative estimate of drug-likeness (QED) is 0.668. The minimum absolute atomic E-state index is 0.0380. The van der Waals surface area contributed by atoms with Crippen LogP contribution in [0.4, 0.5) is 0 Å². The van der Waals surface area contributed by atoms with Gasteiger partial charge in [0.2, 0.25) is 5.88 Å². The molecule has 0 fully saturated rings. The Hall–Kier alpha value is -1.35. The first-order valence-corrected chi connectivity index (χ1v) is 8.38. The van der Waals surface area contributed by atoms with Gasteiger partial charge in [-0.1, -0.05) is 61.8 Å². The van der Waals surface area contributed by atoms with Crippen molar-refractivity contribution in [2.75, 3.05) is 0 Å². The van der Waals surface area contributed by atoms with Crippen LogP contribution >= 0.6 is 15.9 Å². The maximum Gasteiger partial charge on any atom is 0.219 e.